The highest BCUT2D eigenvalue weighted by Crippen LogP contribution is 2.32. The highest BCUT2D eigenvalue weighted by atomic mass is 32.1. The number of nitrogens with two attached hydrogens (primary N) is 1. The predicted molar refractivity (Wildman–Crippen MR) is 110 cm³/mol. The Kier molecular flexibility index (Phi) is 5.06. The van der Waals surface area contributed by atoms with Crippen molar-refractivity contribution in [3.05, 3.63) is 41.7 Å². The zero-order valence-corrected chi connectivity index (χ0v) is 16.2. The van der Waals surface area contributed by atoms with Crippen LogP contribution in [0.3, 0.4) is 0 Å². The zero-order chi connectivity index (χ0) is 19.5. The van der Waals surface area contributed by atoms with E-state index in [1.165, 1.54) is 17.5 Å². The van der Waals surface area contributed by atoms with Gasteiger partial charge in [0.15, 0.2) is 5.13 Å². The molecule has 1 aliphatic rings. The van der Waals surface area contributed by atoms with Gasteiger partial charge in [-0.1, -0.05) is 11.3 Å². The lowest BCUT2D eigenvalue weighted by atomic mass is 10.2. The van der Waals surface area contributed by atoms with E-state index < -0.39 is 0 Å². The van der Waals surface area contributed by atoms with Crippen molar-refractivity contribution in [3.8, 4) is 16.6 Å². The average molecular weight is 393 g/mol. The number of ether oxygens (including phenoxy) is 1. The van der Waals surface area contributed by atoms with Gasteiger partial charge in [0, 0.05) is 24.5 Å². The number of nitrogens with one attached hydrogen (secondary N) is 1. The number of aryl methyl sites for hydroxylation is 1. The first-order valence-corrected chi connectivity index (χ1v) is 9.66. The van der Waals surface area contributed by atoms with E-state index in [0.29, 0.717) is 22.3 Å². The third kappa shape index (κ3) is 3.74. The number of morpholine rings is 1. The van der Waals surface area contributed by atoms with Crippen LogP contribution in [0.5, 0.6) is 0 Å². The van der Waals surface area contributed by atoms with Crippen LogP contribution in [-0.2, 0) is 4.74 Å². The van der Waals surface area contributed by atoms with Gasteiger partial charge >= 0.3 is 0 Å². The van der Waals surface area contributed by atoms with Crippen molar-refractivity contribution in [2.24, 2.45) is 0 Å². The van der Waals surface area contributed by atoms with E-state index in [0.717, 1.165) is 48.2 Å². The zero-order valence-electron chi connectivity index (χ0n) is 15.3. The molecule has 9 heteroatoms. The first-order valence-electron chi connectivity index (χ1n) is 8.84. The van der Waals surface area contributed by atoms with Crippen molar-refractivity contribution >= 4 is 33.8 Å². The van der Waals surface area contributed by atoms with Gasteiger partial charge in [-0.2, -0.15) is 5.26 Å². The molecule has 0 unspecified atom stereocenters. The van der Waals surface area contributed by atoms with E-state index >= 15 is 0 Å². The molecule has 0 saturated carbocycles. The number of aromatic nitrogens is 3. The lowest BCUT2D eigenvalue weighted by Crippen LogP contribution is -2.36. The molecule has 4 rings (SSSR count). The Morgan fingerprint density at radius 3 is 2.61 bits per heavy atom. The highest BCUT2D eigenvalue weighted by molar-refractivity contribution is 7.18. The van der Waals surface area contributed by atoms with Gasteiger partial charge in [-0.15, -0.1) is 0 Å². The summed E-state index contributed by atoms with van der Waals surface area (Å²) in [7, 11) is 0. The van der Waals surface area contributed by atoms with Gasteiger partial charge < -0.3 is 20.7 Å². The molecular weight excluding hydrogens is 374 g/mol. The summed E-state index contributed by atoms with van der Waals surface area (Å²) in [6.07, 6.45) is 1.52. The number of thiazole rings is 1. The molecule has 2 aromatic heterocycles. The van der Waals surface area contributed by atoms with Crippen molar-refractivity contribution in [2.75, 3.05) is 42.3 Å². The van der Waals surface area contributed by atoms with Crippen LogP contribution in [0.4, 0.5) is 22.5 Å². The number of hydrogen-bond acceptors (Lipinski definition) is 9. The predicted octanol–water partition coefficient (Wildman–Crippen LogP) is 2.94. The molecule has 1 aromatic carbocycles. The minimum absolute atomic E-state index is 0.389. The molecule has 0 bridgehead atoms. The normalized spacial score (nSPS) is 13.9. The Bertz CT molecular complexity index is 1020. The van der Waals surface area contributed by atoms with Crippen LogP contribution in [0, 0.1) is 18.3 Å². The second-order valence-electron chi connectivity index (χ2n) is 6.31. The maximum absolute atomic E-state index is 9.40. The molecule has 1 saturated heterocycles. The molecule has 8 nitrogen and oxygen atoms in total. The Labute approximate surface area is 166 Å². The van der Waals surface area contributed by atoms with E-state index in [2.05, 4.69) is 43.4 Å². The molecule has 0 amide bonds. The molecule has 3 aromatic rings. The fourth-order valence-electron chi connectivity index (χ4n) is 3.04. The topological polar surface area (TPSA) is 113 Å². The minimum atomic E-state index is 0.389. The highest BCUT2D eigenvalue weighted by Gasteiger charge is 2.16. The minimum Gasteiger partial charge on any atom is -0.378 e. The number of anilines is 4. The molecule has 0 spiro atoms. The van der Waals surface area contributed by atoms with Crippen LogP contribution >= 0.6 is 11.3 Å². The molecule has 1 aliphatic heterocycles. The van der Waals surface area contributed by atoms with Gasteiger partial charge in [0.1, 0.15) is 11.8 Å². The summed E-state index contributed by atoms with van der Waals surface area (Å²) in [6, 6.07) is 10.2. The standard InChI is InChI=1S/C19H19N7OS/c1-12-17(28-18(21)23-12)16-13(10-20)11-22-19(25-16)24-14-2-4-15(5-3-14)26-6-8-27-9-7-26/h2-5,11H,6-9H2,1H3,(H2,21,23)(H,22,24,25). The third-order valence-corrected chi connectivity index (χ3v) is 5.43. The van der Waals surface area contributed by atoms with Crippen LogP contribution < -0.4 is 16.0 Å². The number of benzene rings is 1. The Balaban J connectivity index is 1.57. The van der Waals surface area contributed by atoms with Gasteiger partial charge in [-0.05, 0) is 31.2 Å². The van der Waals surface area contributed by atoms with Gasteiger partial charge in [0.05, 0.1) is 35.5 Å². The van der Waals surface area contributed by atoms with Crippen LogP contribution in [-0.4, -0.2) is 41.3 Å². The van der Waals surface area contributed by atoms with Gasteiger partial charge in [-0.25, -0.2) is 15.0 Å². The monoisotopic (exact) mass is 393 g/mol. The van der Waals surface area contributed by atoms with Crippen LogP contribution in [0.25, 0.3) is 10.6 Å². The number of nitrogens with zero attached hydrogens (tertiary/aromatic N) is 5. The molecular formula is C19H19N7OS. The second kappa shape index (κ2) is 7.80. The summed E-state index contributed by atoms with van der Waals surface area (Å²) in [5.74, 6) is 0.416. The van der Waals surface area contributed by atoms with Crippen molar-refractivity contribution in [1.82, 2.24) is 15.0 Å². The van der Waals surface area contributed by atoms with Crippen LogP contribution in [0.2, 0.25) is 0 Å². The molecule has 0 radical (unpaired) electrons. The maximum atomic E-state index is 9.40. The molecule has 3 N–H and O–H groups in total. The average Bonchev–Trinajstić information content (AvgIpc) is 3.07. The fraction of sp³-hybridized carbons (Fsp3) is 0.263. The molecule has 28 heavy (non-hydrogen) atoms. The summed E-state index contributed by atoms with van der Waals surface area (Å²) < 4.78 is 5.40. The van der Waals surface area contributed by atoms with Gasteiger partial charge in [0.25, 0.3) is 0 Å². The number of rotatable bonds is 4. The summed E-state index contributed by atoms with van der Waals surface area (Å²) in [5, 5.41) is 13.0. The second-order valence-corrected chi connectivity index (χ2v) is 7.34. The number of nitriles is 1. The lowest BCUT2D eigenvalue weighted by molar-refractivity contribution is 0.122. The number of hydrogen-bond donors (Lipinski definition) is 2. The Morgan fingerprint density at radius 2 is 1.96 bits per heavy atom. The van der Waals surface area contributed by atoms with E-state index in [9.17, 15) is 5.26 Å². The van der Waals surface area contributed by atoms with Crippen molar-refractivity contribution in [3.63, 3.8) is 0 Å². The van der Waals surface area contributed by atoms with Gasteiger partial charge in [0.2, 0.25) is 5.95 Å². The summed E-state index contributed by atoms with van der Waals surface area (Å²) >= 11 is 1.31. The van der Waals surface area contributed by atoms with E-state index in [4.69, 9.17) is 10.5 Å². The van der Waals surface area contributed by atoms with Crippen LogP contribution in [0.1, 0.15) is 11.3 Å². The van der Waals surface area contributed by atoms with Gasteiger partial charge in [-0.3, -0.25) is 0 Å². The van der Waals surface area contributed by atoms with Crippen molar-refractivity contribution < 1.29 is 4.74 Å². The molecule has 3 heterocycles. The van der Waals surface area contributed by atoms with Crippen LogP contribution in [0.15, 0.2) is 30.5 Å². The summed E-state index contributed by atoms with van der Waals surface area (Å²) in [4.78, 5) is 16.1. The third-order valence-electron chi connectivity index (χ3n) is 4.44. The Hall–Kier alpha value is -3.22. The maximum Gasteiger partial charge on any atom is 0.227 e. The first kappa shape index (κ1) is 18.2. The SMILES string of the molecule is Cc1nc(N)sc1-c1nc(Nc2ccc(N3CCOCC3)cc2)ncc1C#N. The molecule has 142 valence electrons. The van der Waals surface area contributed by atoms with E-state index in [1.54, 1.807) is 0 Å². The van der Waals surface area contributed by atoms with Crippen molar-refractivity contribution in [2.45, 2.75) is 6.92 Å². The van der Waals surface area contributed by atoms with E-state index in [1.807, 2.05) is 19.1 Å². The molecule has 1 fully saturated rings. The summed E-state index contributed by atoms with van der Waals surface area (Å²) in [6.45, 7) is 5.15. The Morgan fingerprint density at radius 1 is 1.21 bits per heavy atom. The smallest absolute Gasteiger partial charge is 0.227 e. The molecule has 0 aliphatic carbocycles. The first-order chi connectivity index (χ1) is 13.6. The van der Waals surface area contributed by atoms with Crippen molar-refractivity contribution in [1.29, 1.82) is 5.26 Å². The lowest BCUT2D eigenvalue weighted by Gasteiger charge is -2.28. The fourth-order valence-corrected chi connectivity index (χ4v) is 3.88. The van der Waals surface area contributed by atoms with E-state index in [-0.39, 0.29) is 0 Å². The molecule has 0 atom stereocenters. The number of nitrogen functional groups attached to an aromatic ring is 1. The summed E-state index contributed by atoms with van der Waals surface area (Å²) in [5.41, 5.74) is 9.50. The quantitative estimate of drug-likeness (QED) is 0.696. The largest absolute Gasteiger partial charge is 0.378 e.